The summed E-state index contributed by atoms with van der Waals surface area (Å²) in [5, 5.41) is 0. The molecular formula is C16H26N4O. The number of pyridine rings is 1. The fourth-order valence-corrected chi connectivity index (χ4v) is 2.44. The van der Waals surface area contributed by atoms with Gasteiger partial charge in [-0.1, -0.05) is 0 Å². The van der Waals surface area contributed by atoms with Crippen LogP contribution in [0, 0.1) is 0 Å². The number of aryl methyl sites for hydroxylation is 1. The van der Waals surface area contributed by atoms with Crippen LogP contribution >= 0.6 is 0 Å². The smallest absolute Gasteiger partial charge is 0.160 e. The molecule has 0 amide bonds. The van der Waals surface area contributed by atoms with E-state index in [1.54, 1.807) is 0 Å². The molecule has 0 saturated heterocycles. The lowest BCUT2D eigenvalue weighted by atomic mass is 10.2. The quantitative estimate of drug-likeness (QED) is 0.665. The molecule has 0 aliphatic carbocycles. The van der Waals surface area contributed by atoms with Crippen LogP contribution in [0.4, 0.5) is 0 Å². The van der Waals surface area contributed by atoms with Crippen LogP contribution in [0.15, 0.2) is 18.3 Å². The molecule has 21 heavy (non-hydrogen) atoms. The Hall–Kier alpha value is -1.46. The minimum atomic E-state index is 0.712. The second-order valence-corrected chi connectivity index (χ2v) is 5.48. The number of imidazole rings is 1. The van der Waals surface area contributed by atoms with Crippen LogP contribution in [0.3, 0.4) is 0 Å². The number of rotatable bonds is 9. The first-order valence-corrected chi connectivity index (χ1v) is 7.75. The fourth-order valence-electron chi connectivity index (χ4n) is 2.44. The first-order chi connectivity index (χ1) is 10.2. The molecule has 0 spiro atoms. The van der Waals surface area contributed by atoms with Gasteiger partial charge in [-0.25, -0.2) is 9.97 Å². The standard InChI is InChI=1S/C16H26N4O/c1-4-21-13-12-20-15(9-5-6-11-19(2)3)18-14-8-7-10-17-16(14)20/h7-8,10H,4-6,9,11-13H2,1-3H3. The largest absolute Gasteiger partial charge is 0.380 e. The molecule has 5 nitrogen and oxygen atoms in total. The van der Waals surface area contributed by atoms with Crippen LogP contribution in [0.25, 0.3) is 11.2 Å². The summed E-state index contributed by atoms with van der Waals surface area (Å²) in [6.45, 7) is 5.43. The van der Waals surface area contributed by atoms with Crippen molar-refractivity contribution < 1.29 is 4.74 Å². The van der Waals surface area contributed by atoms with Gasteiger partial charge in [0, 0.05) is 25.8 Å². The highest BCUT2D eigenvalue weighted by Gasteiger charge is 2.11. The highest BCUT2D eigenvalue weighted by Crippen LogP contribution is 2.15. The average molecular weight is 290 g/mol. The molecule has 0 aromatic carbocycles. The van der Waals surface area contributed by atoms with Crippen LogP contribution in [0.5, 0.6) is 0 Å². The lowest BCUT2D eigenvalue weighted by Crippen LogP contribution is -2.14. The van der Waals surface area contributed by atoms with Crippen molar-refractivity contribution in [3.8, 4) is 0 Å². The van der Waals surface area contributed by atoms with Gasteiger partial charge in [0.15, 0.2) is 5.65 Å². The van der Waals surface area contributed by atoms with Gasteiger partial charge in [0.1, 0.15) is 11.3 Å². The topological polar surface area (TPSA) is 43.2 Å². The predicted molar refractivity (Wildman–Crippen MR) is 85.5 cm³/mol. The van der Waals surface area contributed by atoms with Gasteiger partial charge in [0.05, 0.1) is 6.61 Å². The van der Waals surface area contributed by atoms with Gasteiger partial charge in [-0.15, -0.1) is 0 Å². The van der Waals surface area contributed by atoms with Gasteiger partial charge in [0.25, 0.3) is 0 Å². The van der Waals surface area contributed by atoms with E-state index in [4.69, 9.17) is 9.72 Å². The van der Waals surface area contributed by atoms with E-state index >= 15 is 0 Å². The van der Waals surface area contributed by atoms with E-state index in [9.17, 15) is 0 Å². The molecule has 0 aliphatic heterocycles. The molecule has 2 aromatic rings. The van der Waals surface area contributed by atoms with Gasteiger partial charge >= 0.3 is 0 Å². The molecule has 0 atom stereocenters. The van der Waals surface area contributed by atoms with Gasteiger partial charge in [-0.3, -0.25) is 0 Å². The summed E-state index contributed by atoms with van der Waals surface area (Å²) < 4.78 is 7.69. The Bertz CT molecular complexity index is 550. The number of aromatic nitrogens is 3. The van der Waals surface area contributed by atoms with E-state index in [0.29, 0.717) is 6.61 Å². The summed E-state index contributed by atoms with van der Waals surface area (Å²) in [7, 11) is 4.22. The Morgan fingerprint density at radius 1 is 1.29 bits per heavy atom. The molecular weight excluding hydrogens is 264 g/mol. The molecule has 0 aliphatic rings. The van der Waals surface area contributed by atoms with E-state index in [1.165, 1.54) is 6.42 Å². The third kappa shape index (κ3) is 4.51. The highest BCUT2D eigenvalue weighted by atomic mass is 16.5. The Morgan fingerprint density at radius 2 is 2.14 bits per heavy atom. The summed E-state index contributed by atoms with van der Waals surface area (Å²) in [5.41, 5.74) is 1.96. The summed E-state index contributed by atoms with van der Waals surface area (Å²) in [6, 6.07) is 3.97. The maximum Gasteiger partial charge on any atom is 0.160 e. The summed E-state index contributed by atoms with van der Waals surface area (Å²) in [4.78, 5) is 11.4. The minimum absolute atomic E-state index is 0.712. The Kier molecular flexibility index (Phi) is 6.14. The van der Waals surface area contributed by atoms with Crippen molar-refractivity contribution in [3.05, 3.63) is 24.2 Å². The van der Waals surface area contributed by atoms with Crippen molar-refractivity contribution in [1.29, 1.82) is 0 Å². The van der Waals surface area contributed by atoms with E-state index < -0.39 is 0 Å². The third-order valence-corrected chi connectivity index (χ3v) is 3.50. The Morgan fingerprint density at radius 3 is 2.90 bits per heavy atom. The second kappa shape index (κ2) is 8.10. The molecule has 2 aromatic heterocycles. The fraction of sp³-hybridized carbons (Fsp3) is 0.625. The number of hydrogen-bond acceptors (Lipinski definition) is 4. The molecule has 0 unspecified atom stereocenters. The molecule has 0 saturated carbocycles. The molecule has 116 valence electrons. The molecule has 2 rings (SSSR count). The number of ether oxygens (including phenoxy) is 1. The predicted octanol–water partition coefficient (Wildman–Crippen LogP) is 2.35. The summed E-state index contributed by atoms with van der Waals surface area (Å²) in [6.07, 6.45) is 5.17. The maximum absolute atomic E-state index is 5.48. The van der Waals surface area contributed by atoms with Gasteiger partial charge < -0.3 is 14.2 Å². The lowest BCUT2D eigenvalue weighted by Gasteiger charge is -2.10. The molecule has 0 radical (unpaired) electrons. The van der Waals surface area contributed by atoms with Crippen molar-refractivity contribution in [3.63, 3.8) is 0 Å². The third-order valence-electron chi connectivity index (χ3n) is 3.50. The van der Waals surface area contributed by atoms with Crippen LogP contribution in [-0.2, 0) is 17.7 Å². The lowest BCUT2D eigenvalue weighted by molar-refractivity contribution is 0.139. The number of fused-ring (bicyclic) bond motifs is 1. The van der Waals surface area contributed by atoms with Gasteiger partial charge in [-0.2, -0.15) is 0 Å². The maximum atomic E-state index is 5.48. The SMILES string of the molecule is CCOCCn1c(CCCCN(C)C)nc2cccnc21. The van der Waals surface area contributed by atoms with E-state index in [2.05, 4.69) is 28.5 Å². The van der Waals surface area contributed by atoms with Crippen LogP contribution in [0.2, 0.25) is 0 Å². The van der Waals surface area contributed by atoms with Crippen molar-refractivity contribution in [2.45, 2.75) is 32.7 Å². The Labute approximate surface area is 126 Å². The van der Waals surface area contributed by atoms with Crippen molar-refractivity contribution in [2.75, 3.05) is 33.9 Å². The van der Waals surface area contributed by atoms with Gasteiger partial charge in [0.2, 0.25) is 0 Å². The molecule has 2 heterocycles. The highest BCUT2D eigenvalue weighted by molar-refractivity contribution is 5.71. The van der Waals surface area contributed by atoms with E-state index in [0.717, 1.165) is 49.5 Å². The average Bonchev–Trinajstić information content (AvgIpc) is 2.82. The monoisotopic (exact) mass is 290 g/mol. The number of nitrogens with zero attached hydrogens (tertiary/aromatic N) is 4. The van der Waals surface area contributed by atoms with Crippen molar-refractivity contribution in [1.82, 2.24) is 19.4 Å². The van der Waals surface area contributed by atoms with Crippen LogP contribution in [-0.4, -0.2) is 53.3 Å². The van der Waals surface area contributed by atoms with Crippen LogP contribution < -0.4 is 0 Å². The summed E-state index contributed by atoms with van der Waals surface area (Å²) >= 11 is 0. The first kappa shape index (κ1) is 15.9. The number of unbranched alkanes of at least 4 members (excludes halogenated alkanes) is 1. The zero-order valence-corrected chi connectivity index (χ0v) is 13.4. The first-order valence-electron chi connectivity index (χ1n) is 7.75. The molecule has 0 fully saturated rings. The Balaban J connectivity index is 2.07. The second-order valence-electron chi connectivity index (χ2n) is 5.48. The zero-order chi connectivity index (χ0) is 15.1. The zero-order valence-electron chi connectivity index (χ0n) is 13.4. The number of hydrogen-bond donors (Lipinski definition) is 0. The van der Waals surface area contributed by atoms with Crippen LogP contribution in [0.1, 0.15) is 25.6 Å². The van der Waals surface area contributed by atoms with Crippen molar-refractivity contribution in [2.24, 2.45) is 0 Å². The molecule has 5 heteroatoms. The normalized spacial score (nSPS) is 11.6. The molecule has 0 N–H and O–H groups in total. The van der Waals surface area contributed by atoms with E-state index in [1.807, 2.05) is 25.3 Å². The van der Waals surface area contributed by atoms with E-state index in [-0.39, 0.29) is 0 Å². The van der Waals surface area contributed by atoms with Crippen molar-refractivity contribution >= 4 is 11.2 Å². The van der Waals surface area contributed by atoms with Gasteiger partial charge in [-0.05, 0) is 52.5 Å². The summed E-state index contributed by atoms with van der Waals surface area (Å²) in [5.74, 6) is 1.13. The minimum Gasteiger partial charge on any atom is -0.380 e. The molecule has 0 bridgehead atoms.